The van der Waals surface area contributed by atoms with Gasteiger partial charge >= 0.3 is 0 Å². The third-order valence-electron chi connectivity index (χ3n) is 5.33. The van der Waals surface area contributed by atoms with Crippen molar-refractivity contribution in [1.82, 2.24) is 0 Å². The Labute approximate surface area is 115 Å². The van der Waals surface area contributed by atoms with Crippen LogP contribution in [0.3, 0.4) is 0 Å². The van der Waals surface area contributed by atoms with E-state index in [0.29, 0.717) is 0 Å². The smallest absolute Gasteiger partial charge is 0.137 e. The summed E-state index contributed by atoms with van der Waals surface area (Å²) in [4.78, 5) is 0. The molecule has 0 nitrogen and oxygen atoms in total. The molecule has 2 fully saturated rings. The highest BCUT2D eigenvalue weighted by Gasteiger charge is 2.40. The maximum atomic E-state index is 3.81. The lowest BCUT2D eigenvalue weighted by atomic mass is 9.24. The fourth-order valence-electron chi connectivity index (χ4n) is 3.95. The van der Waals surface area contributed by atoms with Gasteiger partial charge < -0.3 is 0 Å². The largest absolute Gasteiger partial charge is 0.186 e. The zero-order valence-electron chi connectivity index (χ0n) is 13.0. The second kappa shape index (κ2) is 5.43. The maximum Gasteiger partial charge on any atom is 0.186 e. The standard InChI is InChI=1S/C16H29BSi/c1-13(12-14(2)18(3,4)5)17-15-8-6-9-16(17)11-7-10-15/h15-16H,6-11H2,1-5H3. The summed E-state index contributed by atoms with van der Waals surface area (Å²) in [5.41, 5.74) is 5.40. The summed E-state index contributed by atoms with van der Waals surface area (Å²) in [5.74, 6) is 1.97. The summed E-state index contributed by atoms with van der Waals surface area (Å²) in [6, 6.07) is 0. The van der Waals surface area contributed by atoms with E-state index in [2.05, 4.69) is 39.2 Å². The molecule has 2 heterocycles. The molecule has 2 rings (SSSR count). The zero-order chi connectivity index (χ0) is 13.3. The van der Waals surface area contributed by atoms with Crippen LogP contribution >= 0.6 is 0 Å². The Balaban J connectivity index is 2.27. The Morgan fingerprint density at radius 2 is 1.39 bits per heavy atom. The molecular weight excluding hydrogens is 231 g/mol. The van der Waals surface area contributed by atoms with Gasteiger partial charge in [0.15, 0.2) is 6.71 Å². The third kappa shape index (κ3) is 3.03. The number of hydrogen-bond donors (Lipinski definition) is 0. The summed E-state index contributed by atoms with van der Waals surface area (Å²) in [7, 11) is -1.14. The van der Waals surface area contributed by atoms with E-state index >= 15 is 0 Å². The molecule has 2 saturated heterocycles. The van der Waals surface area contributed by atoms with Crippen LogP contribution in [-0.2, 0) is 0 Å². The van der Waals surface area contributed by atoms with Crippen molar-refractivity contribution in [3.05, 3.63) is 16.4 Å². The van der Waals surface area contributed by atoms with Crippen molar-refractivity contribution in [3.8, 4) is 0 Å². The van der Waals surface area contributed by atoms with Crippen LogP contribution in [0.1, 0.15) is 52.4 Å². The Morgan fingerprint density at radius 1 is 0.944 bits per heavy atom. The highest BCUT2D eigenvalue weighted by molar-refractivity contribution is 6.83. The molecule has 0 aromatic heterocycles. The van der Waals surface area contributed by atoms with Gasteiger partial charge in [-0.2, -0.15) is 0 Å². The SMILES string of the molecule is CC(=C=C(C)[Si](C)(C)C)B1C2CCCC1CCC2. The highest BCUT2D eigenvalue weighted by Crippen LogP contribution is 2.48. The minimum atomic E-state index is -1.14. The molecule has 100 valence electrons. The minimum Gasteiger partial charge on any atom is -0.137 e. The van der Waals surface area contributed by atoms with E-state index in [-0.39, 0.29) is 0 Å². The molecule has 18 heavy (non-hydrogen) atoms. The zero-order valence-corrected chi connectivity index (χ0v) is 14.0. The summed E-state index contributed by atoms with van der Waals surface area (Å²) >= 11 is 0. The van der Waals surface area contributed by atoms with Gasteiger partial charge in [-0.15, -0.1) is 5.73 Å². The average molecular weight is 260 g/mol. The second-order valence-corrected chi connectivity index (χ2v) is 12.8. The van der Waals surface area contributed by atoms with Crippen molar-refractivity contribution < 1.29 is 0 Å². The molecule has 0 aromatic carbocycles. The molecule has 0 saturated carbocycles. The van der Waals surface area contributed by atoms with Gasteiger partial charge in [-0.3, -0.25) is 0 Å². The molecule has 0 unspecified atom stereocenters. The van der Waals surface area contributed by atoms with E-state index in [1.807, 2.05) is 0 Å². The molecular formula is C16H29BSi. The van der Waals surface area contributed by atoms with Crippen LogP contribution in [0, 0.1) is 0 Å². The highest BCUT2D eigenvalue weighted by atomic mass is 28.3. The summed E-state index contributed by atoms with van der Waals surface area (Å²) in [6.45, 7) is 12.9. The molecule has 0 aromatic rings. The molecule has 0 radical (unpaired) electrons. The fourth-order valence-corrected chi connectivity index (χ4v) is 4.52. The van der Waals surface area contributed by atoms with Crippen LogP contribution in [0.2, 0.25) is 31.3 Å². The van der Waals surface area contributed by atoms with Crippen LogP contribution in [0.4, 0.5) is 0 Å². The van der Waals surface area contributed by atoms with Crippen molar-refractivity contribution >= 4 is 14.8 Å². The van der Waals surface area contributed by atoms with Crippen molar-refractivity contribution in [2.24, 2.45) is 0 Å². The number of allylic oxidation sites excluding steroid dienone is 1. The molecule has 0 aliphatic carbocycles. The van der Waals surface area contributed by atoms with Gasteiger partial charge in [0, 0.05) is 0 Å². The molecule has 2 aliphatic rings. The predicted octanol–water partition coefficient (Wildman–Crippen LogP) is 5.50. The average Bonchev–Trinajstić information content (AvgIpc) is 2.26. The van der Waals surface area contributed by atoms with Gasteiger partial charge in [0.2, 0.25) is 0 Å². The summed E-state index contributed by atoms with van der Waals surface area (Å²) in [5, 5.41) is 1.56. The van der Waals surface area contributed by atoms with Crippen LogP contribution in [0.15, 0.2) is 16.4 Å². The lowest BCUT2D eigenvalue weighted by Crippen LogP contribution is -2.35. The first kappa shape index (κ1) is 14.2. The van der Waals surface area contributed by atoms with Crippen LogP contribution in [0.5, 0.6) is 0 Å². The number of rotatable bonds is 2. The van der Waals surface area contributed by atoms with Crippen molar-refractivity contribution in [2.45, 2.75) is 83.6 Å². The van der Waals surface area contributed by atoms with Crippen molar-refractivity contribution in [2.75, 3.05) is 0 Å². The molecule has 0 amide bonds. The third-order valence-corrected chi connectivity index (χ3v) is 7.70. The van der Waals surface area contributed by atoms with Crippen LogP contribution < -0.4 is 0 Å². The number of fused-ring (bicyclic) bond motifs is 2. The van der Waals surface area contributed by atoms with Gasteiger partial charge in [0.1, 0.15) is 0 Å². The molecule has 2 aliphatic heterocycles. The van der Waals surface area contributed by atoms with E-state index in [1.165, 1.54) is 38.5 Å². The van der Waals surface area contributed by atoms with Gasteiger partial charge in [-0.1, -0.05) is 75.3 Å². The summed E-state index contributed by atoms with van der Waals surface area (Å²) < 4.78 is 0. The monoisotopic (exact) mass is 260 g/mol. The first-order valence-electron chi connectivity index (χ1n) is 7.84. The molecule has 0 N–H and O–H groups in total. The predicted molar refractivity (Wildman–Crippen MR) is 86.2 cm³/mol. The van der Waals surface area contributed by atoms with E-state index < -0.39 is 8.07 Å². The topological polar surface area (TPSA) is 0 Å². The summed E-state index contributed by atoms with van der Waals surface area (Å²) in [6.07, 6.45) is 8.88. The van der Waals surface area contributed by atoms with Gasteiger partial charge in [0.05, 0.1) is 8.07 Å². The Morgan fingerprint density at radius 3 is 1.78 bits per heavy atom. The normalized spacial score (nSPS) is 27.7. The van der Waals surface area contributed by atoms with E-state index in [0.717, 1.165) is 18.3 Å². The van der Waals surface area contributed by atoms with Gasteiger partial charge in [0.25, 0.3) is 0 Å². The molecule has 2 heteroatoms. The van der Waals surface area contributed by atoms with Crippen LogP contribution in [-0.4, -0.2) is 14.8 Å². The molecule has 0 spiro atoms. The molecule has 2 bridgehead atoms. The fraction of sp³-hybridized carbons (Fsp3) is 0.812. The number of hydrogen-bond acceptors (Lipinski definition) is 0. The quantitative estimate of drug-likeness (QED) is 0.454. The van der Waals surface area contributed by atoms with Crippen LogP contribution in [0.25, 0.3) is 0 Å². The maximum absolute atomic E-state index is 3.81. The minimum absolute atomic E-state index is 0.874. The van der Waals surface area contributed by atoms with Gasteiger partial charge in [-0.05, 0) is 19.0 Å². The van der Waals surface area contributed by atoms with E-state index in [4.69, 9.17) is 0 Å². The lowest BCUT2D eigenvalue weighted by molar-refractivity contribution is 0.446. The first-order chi connectivity index (χ1) is 8.39. The van der Waals surface area contributed by atoms with Gasteiger partial charge in [-0.25, -0.2) is 0 Å². The van der Waals surface area contributed by atoms with E-state index in [9.17, 15) is 0 Å². The van der Waals surface area contributed by atoms with Crippen molar-refractivity contribution in [1.29, 1.82) is 0 Å². The molecule has 0 atom stereocenters. The lowest BCUT2D eigenvalue weighted by Gasteiger charge is -2.40. The Bertz CT molecular complexity index is 349. The first-order valence-corrected chi connectivity index (χ1v) is 11.3. The second-order valence-electron chi connectivity index (χ2n) is 7.59. The van der Waals surface area contributed by atoms with Crippen molar-refractivity contribution in [3.63, 3.8) is 0 Å². The van der Waals surface area contributed by atoms with E-state index in [1.54, 1.807) is 10.7 Å². The Kier molecular flexibility index (Phi) is 4.29. The Hall–Kier alpha value is -0.198.